The molecule has 0 aliphatic heterocycles. The first-order valence-electron chi connectivity index (χ1n) is 6.33. The maximum absolute atomic E-state index is 6.20. The zero-order chi connectivity index (χ0) is 12.5. The van der Waals surface area contributed by atoms with Crippen LogP contribution in [0.4, 0.5) is 5.82 Å². The largest absolute Gasteiger partial charge is 0.383 e. The predicted molar refractivity (Wildman–Crippen MR) is 77.4 cm³/mol. The van der Waals surface area contributed by atoms with Gasteiger partial charge in [-0.1, -0.05) is 12.1 Å². The normalized spacial score (nSPS) is 15.7. The van der Waals surface area contributed by atoms with Crippen molar-refractivity contribution < 1.29 is 0 Å². The van der Waals surface area contributed by atoms with E-state index in [0.717, 1.165) is 29.9 Å². The fraction of sp³-hybridized carbons (Fsp3) is 0.357. The van der Waals surface area contributed by atoms with Crippen molar-refractivity contribution >= 4 is 22.7 Å². The van der Waals surface area contributed by atoms with Crippen molar-refractivity contribution in [2.24, 2.45) is 7.05 Å². The smallest absolute Gasteiger partial charge is 0.129 e. The third-order valence-corrected chi connectivity index (χ3v) is 4.33. The van der Waals surface area contributed by atoms with E-state index in [1.807, 2.05) is 7.05 Å². The van der Waals surface area contributed by atoms with E-state index in [2.05, 4.69) is 28.7 Å². The number of aromatic nitrogens is 2. The van der Waals surface area contributed by atoms with Crippen molar-refractivity contribution in [2.75, 3.05) is 5.73 Å². The minimum absolute atomic E-state index is 0.784. The molecule has 4 heteroatoms. The zero-order valence-corrected chi connectivity index (χ0v) is 11.3. The summed E-state index contributed by atoms with van der Waals surface area (Å²) in [5, 5.41) is 6.67. The Morgan fingerprint density at radius 2 is 2.28 bits per heavy atom. The number of hydrogen-bond acceptors (Lipinski definition) is 3. The van der Waals surface area contributed by atoms with Crippen molar-refractivity contribution in [2.45, 2.75) is 25.7 Å². The Labute approximate surface area is 111 Å². The molecule has 3 nitrogen and oxygen atoms in total. The van der Waals surface area contributed by atoms with Gasteiger partial charge < -0.3 is 5.73 Å². The Balaban J connectivity index is 2.15. The summed E-state index contributed by atoms with van der Waals surface area (Å²) in [4.78, 5) is 1.20. The van der Waals surface area contributed by atoms with Crippen LogP contribution in [0.3, 0.4) is 0 Å². The molecule has 3 rings (SSSR count). The summed E-state index contributed by atoms with van der Waals surface area (Å²) in [5.41, 5.74) is 9.77. The summed E-state index contributed by atoms with van der Waals surface area (Å²) in [6, 6.07) is 4.17. The molecular weight excluding hydrogens is 242 g/mol. The zero-order valence-electron chi connectivity index (χ0n) is 10.5. The fourth-order valence-electron chi connectivity index (χ4n) is 2.50. The van der Waals surface area contributed by atoms with Crippen molar-refractivity contribution in [3.8, 4) is 10.6 Å². The molecule has 0 spiro atoms. The Hall–Kier alpha value is -1.55. The highest BCUT2D eigenvalue weighted by molar-refractivity contribution is 7.13. The van der Waals surface area contributed by atoms with E-state index in [1.54, 1.807) is 16.0 Å². The first-order valence-corrected chi connectivity index (χ1v) is 7.21. The van der Waals surface area contributed by atoms with Gasteiger partial charge in [-0.2, -0.15) is 5.10 Å². The summed E-state index contributed by atoms with van der Waals surface area (Å²) < 4.78 is 1.79. The highest BCUT2D eigenvalue weighted by Gasteiger charge is 2.20. The monoisotopic (exact) mass is 259 g/mol. The molecule has 0 fully saturated rings. The molecule has 1 aliphatic carbocycles. The van der Waals surface area contributed by atoms with Gasteiger partial charge in [-0.25, -0.2) is 0 Å². The number of rotatable bonds is 2. The van der Waals surface area contributed by atoms with E-state index in [1.165, 1.54) is 23.3 Å². The van der Waals surface area contributed by atoms with Gasteiger partial charge in [0, 0.05) is 12.6 Å². The summed E-state index contributed by atoms with van der Waals surface area (Å²) in [6.07, 6.45) is 7.15. The molecule has 0 saturated heterocycles. The van der Waals surface area contributed by atoms with Gasteiger partial charge in [0.1, 0.15) is 11.5 Å². The molecule has 18 heavy (non-hydrogen) atoms. The first-order chi connectivity index (χ1) is 8.77. The molecule has 0 unspecified atom stereocenters. The lowest BCUT2D eigenvalue weighted by molar-refractivity contribution is 0.742. The van der Waals surface area contributed by atoms with Gasteiger partial charge in [-0.05, 0) is 42.7 Å². The number of nitrogens with two attached hydrogens (primary N) is 1. The fourth-order valence-corrected chi connectivity index (χ4v) is 3.22. The minimum atomic E-state index is 0.784. The quantitative estimate of drug-likeness (QED) is 0.894. The number of nitrogen functional groups attached to an aromatic ring is 1. The highest BCUT2D eigenvalue weighted by Crippen LogP contribution is 2.38. The number of thiophene rings is 1. The van der Waals surface area contributed by atoms with Crippen LogP contribution in [0.25, 0.3) is 16.1 Å². The maximum atomic E-state index is 6.20. The van der Waals surface area contributed by atoms with Crippen LogP contribution in [-0.4, -0.2) is 9.78 Å². The third kappa shape index (κ3) is 1.86. The van der Waals surface area contributed by atoms with E-state index < -0.39 is 0 Å². The lowest BCUT2D eigenvalue weighted by atomic mass is 9.93. The highest BCUT2D eigenvalue weighted by atomic mass is 32.1. The first kappa shape index (κ1) is 11.5. The van der Waals surface area contributed by atoms with Gasteiger partial charge in [-0.3, -0.25) is 4.68 Å². The van der Waals surface area contributed by atoms with Gasteiger partial charge in [0.2, 0.25) is 0 Å². The second kappa shape index (κ2) is 4.61. The average Bonchev–Trinajstić information content (AvgIpc) is 3.00. The van der Waals surface area contributed by atoms with E-state index in [4.69, 9.17) is 5.73 Å². The van der Waals surface area contributed by atoms with Crippen LogP contribution in [0.5, 0.6) is 0 Å². The van der Waals surface area contributed by atoms with Crippen LogP contribution in [0.15, 0.2) is 23.6 Å². The summed E-state index contributed by atoms with van der Waals surface area (Å²) in [7, 11) is 1.92. The summed E-state index contributed by atoms with van der Waals surface area (Å²) >= 11 is 1.72. The van der Waals surface area contributed by atoms with Crippen LogP contribution in [0, 0.1) is 0 Å². The Kier molecular flexibility index (Phi) is 2.96. The van der Waals surface area contributed by atoms with Gasteiger partial charge in [0.15, 0.2) is 0 Å². The standard InChI is InChI=1S/C14H17N3S/c1-17-14(15)12(10-6-3-2-4-7-10)13(16-17)11-8-5-9-18-11/h5-6,8-9H,2-4,7,15H2,1H3. The lowest BCUT2D eigenvalue weighted by Crippen LogP contribution is -2.00. The van der Waals surface area contributed by atoms with Gasteiger partial charge in [0.25, 0.3) is 0 Å². The van der Waals surface area contributed by atoms with Gasteiger partial charge in [0.05, 0.1) is 4.88 Å². The number of nitrogens with zero attached hydrogens (tertiary/aromatic N) is 2. The lowest BCUT2D eigenvalue weighted by Gasteiger charge is -2.13. The number of hydrogen-bond donors (Lipinski definition) is 1. The van der Waals surface area contributed by atoms with Crippen LogP contribution >= 0.6 is 11.3 Å². The molecule has 2 aromatic rings. The van der Waals surface area contributed by atoms with Crippen LogP contribution in [0.1, 0.15) is 31.2 Å². The molecule has 0 atom stereocenters. The van der Waals surface area contributed by atoms with Crippen LogP contribution < -0.4 is 5.73 Å². The Morgan fingerprint density at radius 1 is 1.39 bits per heavy atom. The maximum Gasteiger partial charge on any atom is 0.129 e. The molecule has 0 aromatic carbocycles. The molecule has 2 N–H and O–H groups in total. The molecule has 94 valence electrons. The topological polar surface area (TPSA) is 43.8 Å². The molecule has 1 aliphatic rings. The van der Waals surface area contributed by atoms with Gasteiger partial charge in [-0.15, -0.1) is 11.3 Å². The van der Waals surface area contributed by atoms with Crippen LogP contribution in [0.2, 0.25) is 0 Å². The molecule has 0 saturated carbocycles. The number of allylic oxidation sites excluding steroid dienone is 2. The Morgan fingerprint density at radius 3 is 2.94 bits per heavy atom. The summed E-state index contributed by atoms with van der Waals surface area (Å²) in [5.74, 6) is 0.784. The van der Waals surface area contributed by atoms with Crippen LogP contribution in [-0.2, 0) is 7.05 Å². The SMILES string of the molecule is Cn1nc(-c2cccs2)c(C2=CCCCC2)c1N. The van der Waals surface area contributed by atoms with Crippen molar-refractivity contribution in [1.82, 2.24) is 9.78 Å². The van der Waals surface area contributed by atoms with Crippen molar-refractivity contribution in [3.63, 3.8) is 0 Å². The van der Waals surface area contributed by atoms with E-state index in [0.29, 0.717) is 0 Å². The third-order valence-electron chi connectivity index (χ3n) is 3.46. The molecule has 0 bridgehead atoms. The minimum Gasteiger partial charge on any atom is -0.383 e. The summed E-state index contributed by atoms with van der Waals surface area (Å²) in [6.45, 7) is 0. The molecule has 0 radical (unpaired) electrons. The molecule has 2 aromatic heterocycles. The second-order valence-corrected chi connectivity index (χ2v) is 5.63. The van der Waals surface area contributed by atoms with Gasteiger partial charge >= 0.3 is 0 Å². The second-order valence-electron chi connectivity index (χ2n) is 4.68. The molecule has 0 amide bonds. The van der Waals surface area contributed by atoms with Crippen molar-refractivity contribution in [3.05, 3.63) is 29.2 Å². The molecular formula is C14H17N3S. The predicted octanol–water partition coefficient (Wildman–Crippen LogP) is 3.69. The van der Waals surface area contributed by atoms with E-state index >= 15 is 0 Å². The Bertz CT molecular complexity index is 578. The number of anilines is 1. The van der Waals surface area contributed by atoms with E-state index in [-0.39, 0.29) is 0 Å². The average molecular weight is 259 g/mol. The molecule has 2 heterocycles. The van der Waals surface area contributed by atoms with Crippen molar-refractivity contribution in [1.29, 1.82) is 0 Å². The number of aryl methyl sites for hydroxylation is 1. The van der Waals surface area contributed by atoms with E-state index in [9.17, 15) is 0 Å².